The summed E-state index contributed by atoms with van der Waals surface area (Å²) < 4.78 is 5.17. The largest absolute Gasteiger partial charge is 0.464 e. The molecule has 0 aliphatic rings. The Morgan fingerprint density at radius 3 is 2.85 bits per heavy atom. The lowest BCUT2D eigenvalue weighted by molar-refractivity contribution is 0.312. The van der Waals surface area contributed by atoms with Gasteiger partial charge in [0.1, 0.15) is 0 Å². The number of ether oxygens (including phenoxy) is 1. The van der Waals surface area contributed by atoms with Crippen molar-refractivity contribution in [2.45, 2.75) is 6.92 Å². The summed E-state index contributed by atoms with van der Waals surface area (Å²) in [7, 11) is 0. The molecule has 0 saturated carbocycles. The van der Waals surface area contributed by atoms with Crippen molar-refractivity contribution in [2.75, 3.05) is 17.7 Å². The maximum absolute atomic E-state index is 8.78. The van der Waals surface area contributed by atoms with E-state index in [1.807, 2.05) is 13.0 Å². The van der Waals surface area contributed by atoms with Crippen LogP contribution in [-0.2, 0) is 0 Å². The van der Waals surface area contributed by atoms with Gasteiger partial charge in [0.2, 0.25) is 11.9 Å². The van der Waals surface area contributed by atoms with Gasteiger partial charge in [0.25, 0.3) is 0 Å². The van der Waals surface area contributed by atoms with Gasteiger partial charge in [-0.15, -0.1) is 0 Å². The highest BCUT2D eigenvalue weighted by Crippen LogP contribution is 2.25. The molecule has 7 nitrogen and oxygen atoms in total. The molecule has 0 aliphatic carbocycles. The third-order valence-corrected chi connectivity index (χ3v) is 2.56. The van der Waals surface area contributed by atoms with E-state index in [0.717, 1.165) is 0 Å². The second-order valence-electron chi connectivity index (χ2n) is 3.66. The number of nitrogens with one attached hydrogen (secondary N) is 1. The third kappa shape index (κ3) is 3.24. The number of anilines is 3. The lowest BCUT2D eigenvalue weighted by atomic mass is 10.2. The first kappa shape index (κ1) is 13.8. The molecule has 8 heteroatoms. The maximum Gasteiger partial charge on any atom is 0.323 e. The molecule has 0 unspecified atom stereocenters. The second kappa shape index (κ2) is 6.04. The van der Waals surface area contributed by atoms with Gasteiger partial charge in [-0.1, -0.05) is 11.6 Å². The van der Waals surface area contributed by atoms with E-state index in [9.17, 15) is 0 Å². The van der Waals surface area contributed by atoms with Crippen LogP contribution in [0.4, 0.5) is 17.6 Å². The van der Waals surface area contributed by atoms with Crippen LogP contribution in [0.25, 0.3) is 0 Å². The summed E-state index contributed by atoms with van der Waals surface area (Å²) in [5, 5.41) is 12.1. The number of nitrogen functional groups attached to an aromatic ring is 1. The molecule has 0 radical (unpaired) electrons. The van der Waals surface area contributed by atoms with Crippen LogP contribution in [-0.4, -0.2) is 21.6 Å². The fraction of sp³-hybridized carbons (Fsp3) is 0.167. The van der Waals surface area contributed by atoms with Crippen molar-refractivity contribution in [3.05, 3.63) is 28.8 Å². The molecule has 3 N–H and O–H groups in total. The molecule has 0 spiro atoms. The SMILES string of the molecule is CCOc1nc(N)nc(Nc2ccc(C#N)cc2Cl)n1. The van der Waals surface area contributed by atoms with Gasteiger partial charge in [-0.05, 0) is 25.1 Å². The highest BCUT2D eigenvalue weighted by atomic mass is 35.5. The van der Waals surface area contributed by atoms with E-state index in [1.165, 1.54) is 6.07 Å². The number of halogens is 1. The first-order valence-electron chi connectivity index (χ1n) is 5.73. The Morgan fingerprint density at radius 2 is 2.20 bits per heavy atom. The highest BCUT2D eigenvalue weighted by molar-refractivity contribution is 6.33. The number of nitriles is 1. The van der Waals surface area contributed by atoms with Crippen molar-refractivity contribution in [1.29, 1.82) is 5.26 Å². The zero-order valence-corrected chi connectivity index (χ0v) is 11.3. The average Bonchev–Trinajstić information content (AvgIpc) is 2.41. The molecule has 2 rings (SSSR count). The number of hydrogen-bond acceptors (Lipinski definition) is 7. The number of hydrogen-bond donors (Lipinski definition) is 2. The number of aromatic nitrogens is 3. The van der Waals surface area contributed by atoms with Gasteiger partial charge in [0.15, 0.2) is 0 Å². The van der Waals surface area contributed by atoms with Crippen LogP contribution in [0, 0.1) is 11.3 Å². The molecule has 0 atom stereocenters. The fourth-order valence-electron chi connectivity index (χ4n) is 1.43. The standard InChI is InChI=1S/C12H11ClN6O/c1-2-20-12-18-10(15)17-11(19-12)16-9-4-3-7(6-14)5-8(9)13/h3-5H,2H2,1H3,(H3,15,16,17,18,19). The number of nitrogens with two attached hydrogens (primary N) is 1. The molecule has 0 fully saturated rings. The normalized spacial score (nSPS) is 9.85. The van der Waals surface area contributed by atoms with Crippen molar-refractivity contribution in [2.24, 2.45) is 0 Å². The van der Waals surface area contributed by atoms with E-state index >= 15 is 0 Å². The van der Waals surface area contributed by atoms with Crippen LogP contribution in [0.1, 0.15) is 12.5 Å². The van der Waals surface area contributed by atoms with E-state index in [0.29, 0.717) is 22.9 Å². The van der Waals surface area contributed by atoms with Crippen molar-refractivity contribution >= 4 is 29.2 Å². The topological polar surface area (TPSA) is 110 Å². The van der Waals surface area contributed by atoms with Gasteiger partial charge in [0, 0.05) is 0 Å². The smallest absolute Gasteiger partial charge is 0.323 e. The molecule has 1 heterocycles. The minimum absolute atomic E-state index is 0.0377. The Morgan fingerprint density at radius 1 is 1.40 bits per heavy atom. The quantitative estimate of drug-likeness (QED) is 0.887. The summed E-state index contributed by atoms with van der Waals surface area (Å²) in [5.74, 6) is 0.253. The minimum atomic E-state index is 0.0377. The van der Waals surface area contributed by atoms with Gasteiger partial charge in [-0.25, -0.2) is 0 Å². The van der Waals surface area contributed by atoms with Crippen molar-refractivity contribution < 1.29 is 4.74 Å². The molecule has 20 heavy (non-hydrogen) atoms. The molecule has 0 bridgehead atoms. The fourth-order valence-corrected chi connectivity index (χ4v) is 1.66. The molecule has 1 aromatic heterocycles. The van der Waals surface area contributed by atoms with Crippen LogP contribution in [0.3, 0.4) is 0 Å². The second-order valence-corrected chi connectivity index (χ2v) is 4.07. The van der Waals surface area contributed by atoms with Gasteiger partial charge >= 0.3 is 6.01 Å². The van der Waals surface area contributed by atoms with E-state index in [1.54, 1.807) is 12.1 Å². The molecule has 0 aliphatic heterocycles. The number of rotatable bonds is 4. The Kier molecular flexibility index (Phi) is 4.17. The van der Waals surface area contributed by atoms with Crippen molar-refractivity contribution in [3.8, 4) is 12.1 Å². The first-order chi connectivity index (χ1) is 9.62. The summed E-state index contributed by atoms with van der Waals surface area (Å²) in [5.41, 5.74) is 6.59. The van der Waals surface area contributed by atoms with Crippen molar-refractivity contribution in [3.63, 3.8) is 0 Å². The zero-order valence-electron chi connectivity index (χ0n) is 10.6. The molecule has 0 amide bonds. The lowest BCUT2D eigenvalue weighted by Gasteiger charge is -2.08. The molecular weight excluding hydrogens is 280 g/mol. The zero-order chi connectivity index (χ0) is 14.5. The summed E-state index contributed by atoms with van der Waals surface area (Å²) in [4.78, 5) is 11.8. The molecule has 0 saturated heterocycles. The summed E-state index contributed by atoms with van der Waals surface area (Å²) in [6.45, 7) is 2.23. The number of nitrogens with zero attached hydrogens (tertiary/aromatic N) is 4. The molecule has 1 aromatic carbocycles. The highest BCUT2D eigenvalue weighted by Gasteiger charge is 2.08. The first-order valence-corrected chi connectivity index (χ1v) is 6.11. The third-order valence-electron chi connectivity index (χ3n) is 2.25. The van der Waals surface area contributed by atoms with Crippen LogP contribution < -0.4 is 15.8 Å². The van der Waals surface area contributed by atoms with E-state index in [2.05, 4.69) is 20.3 Å². The predicted octanol–water partition coefficient (Wildman–Crippen LogP) is 2.12. The Hall–Kier alpha value is -2.59. The summed E-state index contributed by atoms with van der Waals surface area (Å²) in [6.07, 6.45) is 0. The molecule has 102 valence electrons. The van der Waals surface area contributed by atoms with Gasteiger partial charge in [0.05, 0.1) is 28.9 Å². The molecule has 2 aromatic rings. The predicted molar refractivity (Wildman–Crippen MR) is 74.9 cm³/mol. The number of benzene rings is 1. The monoisotopic (exact) mass is 290 g/mol. The van der Waals surface area contributed by atoms with Crippen molar-refractivity contribution in [1.82, 2.24) is 15.0 Å². The van der Waals surface area contributed by atoms with E-state index < -0.39 is 0 Å². The maximum atomic E-state index is 8.78. The summed E-state index contributed by atoms with van der Waals surface area (Å²) in [6, 6.07) is 6.95. The van der Waals surface area contributed by atoms with Gasteiger partial charge < -0.3 is 15.8 Å². The Labute approximate surface area is 120 Å². The van der Waals surface area contributed by atoms with Crippen LogP contribution >= 0.6 is 11.6 Å². The lowest BCUT2D eigenvalue weighted by Crippen LogP contribution is -2.06. The summed E-state index contributed by atoms with van der Waals surface area (Å²) >= 11 is 6.05. The van der Waals surface area contributed by atoms with E-state index in [4.69, 9.17) is 27.3 Å². The average molecular weight is 291 g/mol. The van der Waals surface area contributed by atoms with Crippen LogP contribution in [0.15, 0.2) is 18.2 Å². The van der Waals surface area contributed by atoms with E-state index in [-0.39, 0.29) is 17.9 Å². The Balaban J connectivity index is 2.28. The van der Waals surface area contributed by atoms with Gasteiger partial charge in [-0.2, -0.15) is 20.2 Å². The van der Waals surface area contributed by atoms with Crippen LogP contribution in [0.5, 0.6) is 6.01 Å². The molecular formula is C12H11ClN6O. The van der Waals surface area contributed by atoms with Crippen LogP contribution in [0.2, 0.25) is 5.02 Å². The minimum Gasteiger partial charge on any atom is -0.464 e. The Bertz CT molecular complexity index is 669. The van der Waals surface area contributed by atoms with Gasteiger partial charge in [-0.3, -0.25) is 0 Å².